The summed E-state index contributed by atoms with van der Waals surface area (Å²) in [7, 11) is 0. The number of pyridine rings is 1. The fourth-order valence-corrected chi connectivity index (χ4v) is 1.08. The van der Waals surface area contributed by atoms with E-state index < -0.39 is 18.0 Å². The number of aromatic nitrogens is 1. The van der Waals surface area contributed by atoms with Crippen molar-refractivity contribution >= 4 is 11.9 Å². The molecule has 0 radical (unpaired) electrons. The fraction of sp³-hybridized carbons (Fsp3) is 0.300. The summed E-state index contributed by atoms with van der Waals surface area (Å²) >= 11 is 0. The number of carbonyl (C=O) groups is 2. The molecule has 1 amide bonds. The number of aliphatic hydroxyl groups is 1. The Morgan fingerprint density at radius 2 is 2.25 bits per heavy atom. The van der Waals surface area contributed by atoms with Crippen molar-refractivity contribution in [3.63, 3.8) is 0 Å². The second-order valence-electron chi connectivity index (χ2n) is 3.26. The number of aromatic carboxylic acids is 1. The number of hydrogen-bond donors (Lipinski definition) is 3. The zero-order valence-corrected chi connectivity index (χ0v) is 8.67. The molecule has 0 aliphatic rings. The predicted molar refractivity (Wildman–Crippen MR) is 55.2 cm³/mol. The van der Waals surface area contributed by atoms with Gasteiger partial charge in [-0.25, -0.2) is 4.79 Å². The van der Waals surface area contributed by atoms with Crippen LogP contribution in [0.2, 0.25) is 0 Å². The molecule has 0 aliphatic carbocycles. The zero-order chi connectivity index (χ0) is 12.1. The second kappa shape index (κ2) is 5.22. The van der Waals surface area contributed by atoms with Crippen LogP contribution in [-0.4, -0.2) is 39.7 Å². The summed E-state index contributed by atoms with van der Waals surface area (Å²) in [4.78, 5) is 26.0. The predicted octanol–water partition coefficient (Wildman–Crippen LogP) is -0.110. The molecule has 0 saturated heterocycles. The average Bonchev–Trinajstić information content (AvgIpc) is 2.25. The van der Waals surface area contributed by atoms with Crippen LogP contribution in [0.1, 0.15) is 27.8 Å². The van der Waals surface area contributed by atoms with Crippen molar-refractivity contribution in [2.75, 3.05) is 6.54 Å². The summed E-state index contributed by atoms with van der Waals surface area (Å²) < 4.78 is 0. The molecule has 0 unspecified atom stereocenters. The number of carbonyl (C=O) groups excluding carboxylic acids is 1. The summed E-state index contributed by atoms with van der Waals surface area (Å²) in [6, 6.07) is 2.74. The molecule has 6 nitrogen and oxygen atoms in total. The quantitative estimate of drug-likeness (QED) is 0.662. The molecule has 1 aromatic rings. The number of amides is 1. The Morgan fingerprint density at radius 3 is 2.81 bits per heavy atom. The summed E-state index contributed by atoms with van der Waals surface area (Å²) in [5.41, 5.74) is -0.318. The van der Waals surface area contributed by atoms with Gasteiger partial charge in [-0.05, 0) is 19.1 Å². The first-order valence-corrected chi connectivity index (χ1v) is 4.67. The van der Waals surface area contributed by atoms with Crippen molar-refractivity contribution in [1.29, 1.82) is 0 Å². The van der Waals surface area contributed by atoms with Gasteiger partial charge in [0.05, 0.1) is 11.7 Å². The van der Waals surface area contributed by atoms with Gasteiger partial charge in [-0.2, -0.15) is 0 Å². The first-order chi connectivity index (χ1) is 7.52. The maximum atomic E-state index is 11.5. The molecule has 16 heavy (non-hydrogen) atoms. The van der Waals surface area contributed by atoms with Crippen LogP contribution in [-0.2, 0) is 0 Å². The summed E-state index contributed by atoms with van der Waals surface area (Å²) in [6.07, 6.45) is 0.643. The molecule has 1 rings (SSSR count). The maximum absolute atomic E-state index is 11.5. The van der Waals surface area contributed by atoms with Gasteiger partial charge in [0.15, 0.2) is 0 Å². The molecule has 1 atom stereocenters. The number of nitrogens with zero attached hydrogens (tertiary/aromatic N) is 1. The first kappa shape index (κ1) is 12.1. The van der Waals surface area contributed by atoms with Crippen LogP contribution in [0.5, 0.6) is 0 Å². The van der Waals surface area contributed by atoms with Gasteiger partial charge in [0, 0.05) is 12.7 Å². The van der Waals surface area contributed by atoms with Gasteiger partial charge in [-0.1, -0.05) is 0 Å². The molecule has 0 aromatic carbocycles. The van der Waals surface area contributed by atoms with E-state index >= 15 is 0 Å². The second-order valence-corrected chi connectivity index (χ2v) is 3.26. The van der Waals surface area contributed by atoms with Crippen molar-refractivity contribution in [3.05, 3.63) is 29.6 Å². The highest BCUT2D eigenvalue weighted by atomic mass is 16.4. The molecule has 3 N–H and O–H groups in total. The lowest BCUT2D eigenvalue weighted by molar-refractivity contribution is 0.0689. The van der Waals surface area contributed by atoms with Crippen LogP contribution < -0.4 is 5.32 Å². The third-order valence-corrected chi connectivity index (χ3v) is 1.81. The van der Waals surface area contributed by atoms with E-state index in [1.807, 2.05) is 0 Å². The number of nitrogens with one attached hydrogen (secondary N) is 1. The number of aliphatic hydroxyl groups excluding tert-OH is 1. The summed E-state index contributed by atoms with van der Waals surface area (Å²) in [5, 5.41) is 20.2. The highest BCUT2D eigenvalue weighted by Gasteiger charge is 2.17. The van der Waals surface area contributed by atoms with Gasteiger partial charge < -0.3 is 15.5 Å². The Labute approximate surface area is 91.9 Å². The highest BCUT2D eigenvalue weighted by Crippen LogP contribution is 2.04. The number of rotatable bonds is 4. The van der Waals surface area contributed by atoms with Crippen molar-refractivity contribution < 1.29 is 19.8 Å². The Bertz CT molecular complexity index is 404. The molecular weight excluding hydrogens is 212 g/mol. The van der Waals surface area contributed by atoms with Crippen LogP contribution in [0.25, 0.3) is 0 Å². The molecule has 0 spiro atoms. The van der Waals surface area contributed by atoms with Gasteiger partial charge >= 0.3 is 5.97 Å². The van der Waals surface area contributed by atoms with Gasteiger partial charge in [-0.15, -0.1) is 0 Å². The van der Waals surface area contributed by atoms with Gasteiger partial charge in [0.2, 0.25) is 0 Å². The molecule has 86 valence electrons. The van der Waals surface area contributed by atoms with E-state index in [0.29, 0.717) is 0 Å². The molecule has 0 bridgehead atoms. The molecule has 0 aliphatic heterocycles. The van der Waals surface area contributed by atoms with E-state index in [-0.39, 0.29) is 17.8 Å². The Kier molecular flexibility index (Phi) is 3.96. The van der Waals surface area contributed by atoms with Crippen LogP contribution >= 0.6 is 0 Å². The lowest BCUT2D eigenvalue weighted by Gasteiger charge is -2.07. The van der Waals surface area contributed by atoms with Crippen LogP contribution in [0.4, 0.5) is 0 Å². The minimum absolute atomic E-state index is 0.0501. The molecule has 0 saturated carbocycles. The van der Waals surface area contributed by atoms with E-state index in [0.717, 1.165) is 0 Å². The van der Waals surface area contributed by atoms with E-state index in [2.05, 4.69) is 10.3 Å². The number of carboxylic acid groups (broad SMARTS) is 1. The topological polar surface area (TPSA) is 99.5 Å². The van der Waals surface area contributed by atoms with Gasteiger partial charge in [0.25, 0.3) is 5.91 Å². The highest BCUT2D eigenvalue weighted by molar-refractivity contribution is 6.03. The summed E-state index contributed by atoms with van der Waals surface area (Å²) in [6.45, 7) is 1.56. The van der Waals surface area contributed by atoms with E-state index in [1.165, 1.54) is 25.3 Å². The SMILES string of the molecule is C[C@@H](O)CNC(=O)c1ncccc1C(=O)O. The standard InChI is InChI=1S/C10H12N2O4/c1-6(13)5-12-9(14)8-7(10(15)16)3-2-4-11-8/h2-4,6,13H,5H2,1H3,(H,12,14)(H,15,16)/t6-/m1/s1. The van der Waals surface area contributed by atoms with Crippen LogP contribution in [0.15, 0.2) is 18.3 Å². The van der Waals surface area contributed by atoms with Gasteiger partial charge in [0.1, 0.15) is 5.69 Å². The third-order valence-electron chi connectivity index (χ3n) is 1.81. The minimum Gasteiger partial charge on any atom is -0.478 e. The Morgan fingerprint density at radius 1 is 1.56 bits per heavy atom. The zero-order valence-electron chi connectivity index (χ0n) is 8.67. The summed E-state index contributed by atoms with van der Waals surface area (Å²) in [5.74, 6) is -1.82. The third kappa shape index (κ3) is 3.03. The van der Waals surface area contributed by atoms with E-state index in [9.17, 15) is 9.59 Å². The largest absolute Gasteiger partial charge is 0.478 e. The lowest BCUT2D eigenvalue weighted by Crippen LogP contribution is -2.32. The maximum Gasteiger partial charge on any atom is 0.338 e. The van der Waals surface area contributed by atoms with Crippen molar-refractivity contribution in [2.45, 2.75) is 13.0 Å². The molecule has 1 heterocycles. The fourth-order valence-electron chi connectivity index (χ4n) is 1.08. The molecular formula is C10H12N2O4. The number of carboxylic acids is 1. The average molecular weight is 224 g/mol. The minimum atomic E-state index is -1.21. The van der Waals surface area contributed by atoms with E-state index in [1.54, 1.807) is 0 Å². The van der Waals surface area contributed by atoms with Gasteiger partial charge in [-0.3, -0.25) is 9.78 Å². The van der Waals surface area contributed by atoms with Crippen molar-refractivity contribution in [1.82, 2.24) is 10.3 Å². The van der Waals surface area contributed by atoms with Crippen LogP contribution in [0, 0.1) is 0 Å². The monoisotopic (exact) mass is 224 g/mol. The van der Waals surface area contributed by atoms with Crippen molar-refractivity contribution in [3.8, 4) is 0 Å². The lowest BCUT2D eigenvalue weighted by atomic mass is 10.2. The normalized spacial score (nSPS) is 11.9. The first-order valence-electron chi connectivity index (χ1n) is 4.67. The van der Waals surface area contributed by atoms with Crippen LogP contribution in [0.3, 0.4) is 0 Å². The van der Waals surface area contributed by atoms with E-state index in [4.69, 9.17) is 10.2 Å². The Hall–Kier alpha value is -1.95. The smallest absolute Gasteiger partial charge is 0.338 e. The number of hydrogen-bond acceptors (Lipinski definition) is 4. The molecule has 1 aromatic heterocycles. The Balaban J connectivity index is 2.86. The molecule has 0 fully saturated rings. The van der Waals surface area contributed by atoms with Crippen molar-refractivity contribution in [2.24, 2.45) is 0 Å². The molecule has 6 heteroatoms.